The minimum absolute atomic E-state index is 0.0147. The summed E-state index contributed by atoms with van der Waals surface area (Å²) in [5.41, 5.74) is 4.18. The third-order valence-electron chi connectivity index (χ3n) is 5.26. The molecule has 2 aromatic carbocycles. The predicted octanol–water partition coefficient (Wildman–Crippen LogP) is 5.41. The van der Waals surface area contributed by atoms with Crippen LogP contribution in [0.4, 0.5) is 0 Å². The van der Waals surface area contributed by atoms with E-state index in [4.69, 9.17) is 9.57 Å². The van der Waals surface area contributed by atoms with Crippen LogP contribution in [-0.4, -0.2) is 35.2 Å². The van der Waals surface area contributed by atoms with Crippen LogP contribution in [0.25, 0.3) is 21.8 Å². The van der Waals surface area contributed by atoms with Crippen LogP contribution in [0.3, 0.4) is 0 Å². The Morgan fingerprint density at radius 1 is 1.00 bits per heavy atom. The fourth-order valence-corrected chi connectivity index (χ4v) is 4.43. The number of ketones is 1. The summed E-state index contributed by atoms with van der Waals surface area (Å²) >= 11 is 1.44. The van der Waals surface area contributed by atoms with Crippen LogP contribution in [0.1, 0.15) is 41.6 Å². The van der Waals surface area contributed by atoms with Gasteiger partial charge < -0.3 is 14.1 Å². The average molecular weight is 449 g/mol. The van der Waals surface area contributed by atoms with Crippen molar-refractivity contribution in [3.63, 3.8) is 0 Å². The number of hydrogen-bond acceptors (Lipinski definition) is 6. The quantitative estimate of drug-likeness (QED) is 0.119. The number of thiophene rings is 1. The minimum atomic E-state index is -0.463. The minimum Gasteiger partial charge on any atom is -0.380 e. The lowest BCUT2D eigenvalue weighted by Crippen LogP contribution is -2.06. The highest BCUT2D eigenvalue weighted by Crippen LogP contribution is 2.32. The van der Waals surface area contributed by atoms with Crippen molar-refractivity contribution in [1.29, 1.82) is 0 Å². The van der Waals surface area contributed by atoms with Gasteiger partial charge in [-0.1, -0.05) is 17.3 Å². The molecule has 32 heavy (non-hydrogen) atoms. The Labute approximate surface area is 190 Å². The van der Waals surface area contributed by atoms with Gasteiger partial charge >= 0.3 is 5.97 Å². The van der Waals surface area contributed by atoms with Crippen molar-refractivity contribution in [2.75, 3.05) is 13.2 Å². The van der Waals surface area contributed by atoms with Crippen LogP contribution in [0.2, 0.25) is 0 Å². The number of aromatic nitrogens is 1. The maximum absolute atomic E-state index is 12.9. The van der Waals surface area contributed by atoms with Gasteiger partial charge in [-0.2, -0.15) is 0 Å². The lowest BCUT2D eigenvalue weighted by molar-refractivity contribution is -0.140. The molecule has 0 amide bonds. The number of carbonyl (C=O) groups excluding carboxylic acids is 2. The van der Waals surface area contributed by atoms with Crippen molar-refractivity contribution < 1.29 is 19.2 Å². The van der Waals surface area contributed by atoms with Gasteiger partial charge in [0.05, 0.1) is 17.2 Å². The second kappa shape index (κ2) is 9.46. The molecule has 2 aromatic heterocycles. The van der Waals surface area contributed by atoms with Gasteiger partial charge in [0.15, 0.2) is 0 Å². The molecule has 0 aliphatic carbocycles. The molecule has 4 aromatic rings. The Morgan fingerprint density at radius 2 is 1.69 bits per heavy atom. The molecule has 4 rings (SSSR count). The Hall–Kier alpha value is -3.29. The lowest BCUT2D eigenvalue weighted by Gasteiger charge is -2.08. The van der Waals surface area contributed by atoms with E-state index in [1.54, 1.807) is 6.92 Å². The number of rotatable bonds is 8. The van der Waals surface area contributed by atoms with E-state index in [2.05, 4.69) is 9.72 Å². The van der Waals surface area contributed by atoms with E-state index in [1.807, 2.05) is 60.8 Å². The van der Waals surface area contributed by atoms with E-state index < -0.39 is 5.97 Å². The van der Waals surface area contributed by atoms with E-state index >= 15 is 0 Å². The highest BCUT2D eigenvalue weighted by Gasteiger charge is 2.16. The molecule has 0 bridgehead atoms. The molecular weight excluding hydrogens is 424 g/mol. The van der Waals surface area contributed by atoms with Gasteiger partial charge in [-0.3, -0.25) is 4.79 Å². The van der Waals surface area contributed by atoms with Gasteiger partial charge in [-0.25, -0.2) is 4.79 Å². The monoisotopic (exact) mass is 448 g/mol. The summed E-state index contributed by atoms with van der Waals surface area (Å²) in [5, 5.41) is 7.81. The number of benzene rings is 2. The molecule has 0 aliphatic rings. The molecule has 0 aliphatic heterocycles. The maximum atomic E-state index is 12.9. The summed E-state index contributed by atoms with van der Waals surface area (Å²) in [6.45, 7) is 7.05. The fraction of sp³-hybridized carbons (Fsp3) is 0.240. The number of oxime groups is 1. The largest absolute Gasteiger partial charge is 0.380 e. The average Bonchev–Trinajstić information content (AvgIpc) is 3.44. The first-order valence-electron chi connectivity index (χ1n) is 10.4. The van der Waals surface area contributed by atoms with Crippen molar-refractivity contribution in [2.45, 2.75) is 27.3 Å². The Kier molecular flexibility index (Phi) is 6.48. The first-order chi connectivity index (χ1) is 15.5. The zero-order chi connectivity index (χ0) is 22.7. The van der Waals surface area contributed by atoms with Crippen molar-refractivity contribution in [2.24, 2.45) is 5.16 Å². The molecule has 2 heterocycles. The Bertz CT molecular complexity index is 1320. The Morgan fingerprint density at radius 3 is 2.31 bits per heavy atom. The molecule has 0 fully saturated rings. The zero-order valence-corrected chi connectivity index (χ0v) is 19.1. The van der Waals surface area contributed by atoms with E-state index in [1.165, 1.54) is 18.3 Å². The topological polar surface area (TPSA) is 69.9 Å². The van der Waals surface area contributed by atoms with Crippen molar-refractivity contribution in [3.8, 4) is 0 Å². The molecule has 0 saturated carbocycles. The summed E-state index contributed by atoms with van der Waals surface area (Å²) in [6, 6.07) is 15.6. The molecule has 0 radical (unpaired) electrons. The number of fused-ring (bicyclic) bond motifs is 3. The molecular formula is C25H24N2O4S. The van der Waals surface area contributed by atoms with Crippen molar-refractivity contribution in [3.05, 3.63) is 69.9 Å². The van der Waals surface area contributed by atoms with Gasteiger partial charge in [0.1, 0.15) is 0 Å². The summed E-state index contributed by atoms with van der Waals surface area (Å²) in [7, 11) is 0. The third kappa shape index (κ3) is 4.35. The van der Waals surface area contributed by atoms with Crippen LogP contribution in [-0.2, 0) is 20.9 Å². The number of nitrogens with zero attached hydrogens (tertiary/aromatic N) is 2. The van der Waals surface area contributed by atoms with Gasteiger partial charge in [0, 0.05) is 47.4 Å². The van der Waals surface area contributed by atoms with E-state index in [0.717, 1.165) is 32.2 Å². The smallest absolute Gasteiger partial charge is 0.331 e. The number of carbonyl (C=O) groups is 2. The first kappa shape index (κ1) is 21.9. The first-order valence-corrected chi connectivity index (χ1v) is 11.3. The van der Waals surface area contributed by atoms with Crippen molar-refractivity contribution in [1.82, 2.24) is 4.57 Å². The van der Waals surface area contributed by atoms with Crippen LogP contribution in [0.5, 0.6) is 0 Å². The predicted molar refractivity (Wildman–Crippen MR) is 128 cm³/mol. The van der Waals surface area contributed by atoms with Crippen LogP contribution < -0.4 is 0 Å². The van der Waals surface area contributed by atoms with Crippen LogP contribution in [0.15, 0.2) is 59.1 Å². The maximum Gasteiger partial charge on any atom is 0.331 e. The lowest BCUT2D eigenvalue weighted by atomic mass is 10.0. The zero-order valence-electron chi connectivity index (χ0n) is 18.3. The van der Waals surface area contributed by atoms with Gasteiger partial charge in [-0.05, 0) is 61.2 Å². The molecule has 0 saturated heterocycles. The number of hydrogen-bond donors (Lipinski definition) is 0. The van der Waals surface area contributed by atoms with Crippen LogP contribution >= 0.6 is 11.3 Å². The normalized spacial score (nSPS) is 11.9. The SMILES string of the molecule is CCOCCn1c2ccc(C(=O)c3cccs3)cc2c2cc(/C(C)=N/OC(C)=O)ccc21. The van der Waals surface area contributed by atoms with Gasteiger partial charge in [0.2, 0.25) is 5.78 Å². The second-order valence-electron chi connectivity index (χ2n) is 7.38. The number of ether oxygens (including phenoxy) is 1. The molecule has 164 valence electrons. The second-order valence-corrected chi connectivity index (χ2v) is 8.33. The summed E-state index contributed by atoms with van der Waals surface area (Å²) in [6.07, 6.45) is 0. The third-order valence-corrected chi connectivity index (χ3v) is 6.13. The summed E-state index contributed by atoms with van der Waals surface area (Å²) < 4.78 is 7.80. The Balaban J connectivity index is 1.86. The fourth-order valence-electron chi connectivity index (χ4n) is 3.75. The van der Waals surface area contributed by atoms with Gasteiger partial charge in [0.25, 0.3) is 0 Å². The summed E-state index contributed by atoms with van der Waals surface area (Å²) in [4.78, 5) is 29.6. The summed E-state index contributed by atoms with van der Waals surface area (Å²) in [5.74, 6) is -0.449. The highest BCUT2D eigenvalue weighted by molar-refractivity contribution is 7.12. The molecule has 0 atom stereocenters. The molecule has 0 N–H and O–H groups in total. The van der Waals surface area contributed by atoms with Crippen molar-refractivity contribution >= 4 is 50.6 Å². The van der Waals surface area contributed by atoms with E-state index in [0.29, 0.717) is 31.0 Å². The molecule has 0 unspecified atom stereocenters. The van der Waals surface area contributed by atoms with E-state index in [-0.39, 0.29) is 5.78 Å². The van der Waals surface area contributed by atoms with Crippen LogP contribution in [0, 0.1) is 0 Å². The molecule has 0 spiro atoms. The standard InChI is InChI=1S/C25H24N2O4S/c1-4-30-12-11-27-22-9-7-18(16(2)26-31-17(3)28)14-20(22)21-15-19(8-10-23(21)27)25(29)24-6-5-13-32-24/h5-10,13-15H,4,11-12H2,1-3H3/b26-16+. The molecule has 6 nitrogen and oxygen atoms in total. The van der Waals surface area contributed by atoms with Gasteiger partial charge in [-0.15, -0.1) is 11.3 Å². The molecule has 7 heteroatoms. The highest BCUT2D eigenvalue weighted by atomic mass is 32.1. The van der Waals surface area contributed by atoms with E-state index in [9.17, 15) is 9.59 Å².